The molecular weight excluding hydrogens is 244 g/mol. The van der Waals surface area contributed by atoms with E-state index in [4.69, 9.17) is 10.5 Å². The van der Waals surface area contributed by atoms with Crippen LogP contribution < -0.4 is 15.8 Å². The van der Waals surface area contributed by atoms with Crippen molar-refractivity contribution in [1.82, 2.24) is 15.1 Å². The fourth-order valence-corrected chi connectivity index (χ4v) is 1.72. The van der Waals surface area contributed by atoms with Gasteiger partial charge in [0.2, 0.25) is 0 Å². The lowest BCUT2D eigenvalue weighted by Gasteiger charge is -2.09. The quantitative estimate of drug-likeness (QED) is 0.801. The van der Waals surface area contributed by atoms with Crippen molar-refractivity contribution in [3.63, 3.8) is 0 Å². The lowest BCUT2D eigenvalue weighted by molar-refractivity contribution is 0.0951. The van der Waals surface area contributed by atoms with E-state index in [1.54, 1.807) is 36.2 Å². The molecule has 1 aromatic carbocycles. The molecule has 0 unspecified atom stereocenters. The van der Waals surface area contributed by atoms with Crippen molar-refractivity contribution in [2.24, 2.45) is 7.05 Å². The Morgan fingerprint density at radius 3 is 2.84 bits per heavy atom. The molecule has 0 saturated heterocycles. The predicted molar refractivity (Wildman–Crippen MR) is 71.8 cm³/mol. The molecule has 19 heavy (non-hydrogen) atoms. The highest BCUT2D eigenvalue weighted by Crippen LogP contribution is 2.19. The van der Waals surface area contributed by atoms with Crippen LogP contribution in [-0.4, -0.2) is 22.8 Å². The molecule has 0 fully saturated rings. The highest BCUT2D eigenvalue weighted by molar-refractivity contribution is 5.99. The zero-order chi connectivity index (χ0) is 13.8. The number of benzene rings is 1. The average Bonchev–Trinajstić information content (AvgIpc) is 2.81. The summed E-state index contributed by atoms with van der Waals surface area (Å²) in [4.78, 5) is 12.0. The van der Waals surface area contributed by atoms with Crippen molar-refractivity contribution in [3.05, 3.63) is 41.7 Å². The van der Waals surface area contributed by atoms with E-state index >= 15 is 0 Å². The van der Waals surface area contributed by atoms with Gasteiger partial charge in [-0.3, -0.25) is 9.48 Å². The standard InChI is InChI=1S/C13H16N4O2/c1-17-9(5-6-16-17)8-15-13(18)11-4-3-10(19-2)7-12(11)14/h3-7H,8,14H2,1-2H3,(H,15,18). The van der Waals surface area contributed by atoms with Crippen molar-refractivity contribution in [1.29, 1.82) is 0 Å². The fourth-order valence-electron chi connectivity index (χ4n) is 1.72. The Balaban J connectivity index is 2.06. The zero-order valence-corrected chi connectivity index (χ0v) is 10.9. The fraction of sp³-hybridized carbons (Fsp3) is 0.231. The number of rotatable bonds is 4. The maximum absolute atomic E-state index is 12.0. The number of nitrogens with zero attached hydrogens (tertiary/aromatic N) is 2. The summed E-state index contributed by atoms with van der Waals surface area (Å²) in [5, 5.41) is 6.83. The first kappa shape index (κ1) is 12.9. The molecule has 0 saturated carbocycles. The monoisotopic (exact) mass is 260 g/mol. The van der Waals surface area contributed by atoms with Gasteiger partial charge in [-0.2, -0.15) is 5.10 Å². The number of nitrogens with one attached hydrogen (secondary N) is 1. The number of anilines is 1. The van der Waals surface area contributed by atoms with Gasteiger partial charge < -0.3 is 15.8 Å². The lowest BCUT2D eigenvalue weighted by Crippen LogP contribution is -2.24. The summed E-state index contributed by atoms with van der Waals surface area (Å²) in [5.41, 5.74) is 7.56. The van der Waals surface area contributed by atoms with Gasteiger partial charge in [0.15, 0.2) is 0 Å². The van der Waals surface area contributed by atoms with Gasteiger partial charge in [0.1, 0.15) is 5.75 Å². The first-order valence-corrected chi connectivity index (χ1v) is 5.80. The number of methoxy groups -OCH3 is 1. The summed E-state index contributed by atoms with van der Waals surface area (Å²) in [6.07, 6.45) is 1.68. The van der Waals surface area contributed by atoms with Gasteiger partial charge in [0.25, 0.3) is 5.91 Å². The van der Waals surface area contributed by atoms with Crippen molar-refractivity contribution < 1.29 is 9.53 Å². The summed E-state index contributed by atoms with van der Waals surface area (Å²) < 4.78 is 6.75. The molecule has 1 heterocycles. The van der Waals surface area contributed by atoms with E-state index in [0.717, 1.165) is 5.69 Å². The van der Waals surface area contributed by atoms with Crippen molar-refractivity contribution >= 4 is 11.6 Å². The molecule has 0 radical (unpaired) electrons. The molecule has 0 aliphatic rings. The molecule has 0 spiro atoms. The van der Waals surface area contributed by atoms with Crippen LogP contribution in [0.4, 0.5) is 5.69 Å². The number of carbonyl (C=O) groups is 1. The molecule has 0 aliphatic carbocycles. The Morgan fingerprint density at radius 1 is 1.47 bits per heavy atom. The number of ether oxygens (including phenoxy) is 1. The third kappa shape index (κ3) is 2.85. The Morgan fingerprint density at radius 2 is 2.26 bits per heavy atom. The summed E-state index contributed by atoms with van der Waals surface area (Å²) in [6, 6.07) is 6.82. The number of amides is 1. The molecule has 6 nitrogen and oxygen atoms in total. The Kier molecular flexibility index (Phi) is 3.70. The zero-order valence-electron chi connectivity index (χ0n) is 10.9. The number of aromatic nitrogens is 2. The second-order valence-corrected chi connectivity index (χ2v) is 4.08. The number of aryl methyl sites for hydroxylation is 1. The van der Waals surface area contributed by atoms with Crippen LogP contribution in [0, 0.1) is 0 Å². The first-order valence-electron chi connectivity index (χ1n) is 5.80. The SMILES string of the molecule is COc1ccc(C(=O)NCc2ccnn2C)c(N)c1. The molecule has 0 atom stereocenters. The number of hydrogen-bond acceptors (Lipinski definition) is 4. The molecule has 1 amide bonds. The minimum absolute atomic E-state index is 0.221. The van der Waals surface area contributed by atoms with Crippen LogP contribution in [0.25, 0.3) is 0 Å². The summed E-state index contributed by atoms with van der Waals surface area (Å²) in [7, 11) is 3.38. The van der Waals surface area contributed by atoms with Crippen LogP contribution in [0.3, 0.4) is 0 Å². The van der Waals surface area contributed by atoms with E-state index in [2.05, 4.69) is 10.4 Å². The van der Waals surface area contributed by atoms with Crippen molar-refractivity contribution in [2.45, 2.75) is 6.54 Å². The van der Waals surface area contributed by atoms with Gasteiger partial charge >= 0.3 is 0 Å². The Hall–Kier alpha value is -2.50. The molecule has 0 aliphatic heterocycles. The molecule has 6 heteroatoms. The van der Waals surface area contributed by atoms with Crippen molar-refractivity contribution in [2.75, 3.05) is 12.8 Å². The van der Waals surface area contributed by atoms with Crippen LogP contribution in [0.2, 0.25) is 0 Å². The average molecular weight is 260 g/mol. The van der Waals surface area contributed by atoms with Crippen LogP contribution in [0.15, 0.2) is 30.5 Å². The van der Waals surface area contributed by atoms with Crippen LogP contribution >= 0.6 is 0 Å². The van der Waals surface area contributed by atoms with Crippen LogP contribution in [0.5, 0.6) is 5.75 Å². The molecule has 100 valence electrons. The summed E-state index contributed by atoms with van der Waals surface area (Å²) in [5.74, 6) is 0.405. The molecule has 2 aromatic rings. The van der Waals surface area contributed by atoms with Gasteiger partial charge in [-0.15, -0.1) is 0 Å². The largest absolute Gasteiger partial charge is 0.497 e. The van der Waals surface area contributed by atoms with Gasteiger partial charge in [-0.05, 0) is 18.2 Å². The van der Waals surface area contributed by atoms with Gasteiger partial charge in [0.05, 0.1) is 24.9 Å². The molecular formula is C13H16N4O2. The molecule has 0 bridgehead atoms. The molecule has 2 rings (SSSR count). The van der Waals surface area contributed by atoms with Gasteiger partial charge in [0, 0.05) is 25.0 Å². The predicted octanol–water partition coefficient (Wildman–Crippen LogP) is 0.941. The van der Waals surface area contributed by atoms with E-state index in [0.29, 0.717) is 23.5 Å². The van der Waals surface area contributed by atoms with E-state index in [1.165, 1.54) is 0 Å². The Labute approximate surface area is 111 Å². The number of carbonyl (C=O) groups excluding carboxylic acids is 1. The summed E-state index contributed by atoms with van der Waals surface area (Å²) in [6.45, 7) is 0.404. The number of hydrogen-bond donors (Lipinski definition) is 2. The Bertz CT molecular complexity index is 592. The topological polar surface area (TPSA) is 82.2 Å². The second-order valence-electron chi connectivity index (χ2n) is 4.08. The first-order chi connectivity index (χ1) is 9.11. The second kappa shape index (κ2) is 5.43. The minimum Gasteiger partial charge on any atom is -0.497 e. The van der Waals surface area contributed by atoms with Gasteiger partial charge in [-0.25, -0.2) is 0 Å². The van der Waals surface area contributed by atoms with E-state index < -0.39 is 0 Å². The third-order valence-electron chi connectivity index (χ3n) is 2.86. The highest BCUT2D eigenvalue weighted by atomic mass is 16.5. The lowest BCUT2D eigenvalue weighted by atomic mass is 10.1. The summed E-state index contributed by atoms with van der Waals surface area (Å²) >= 11 is 0. The van der Waals surface area contributed by atoms with Crippen LogP contribution in [0.1, 0.15) is 16.1 Å². The number of nitrogen functional groups attached to an aromatic ring is 1. The maximum Gasteiger partial charge on any atom is 0.253 e. The minimum atomic E-state index is -0.221. The molecule has 1 aromatic heterocycles. The maximum atomic E-state index is 12.0. The smallest absolute Gasteiger partial charge is 0.253 e. The van der Waals surface area contributed by atoms with Gasteiger partial charge in [-0.1, -0.05) is 0 Å². The van der Waals surface area contributed by atoms with E-state index in [9.17, 15) is 4.79 Å². The van der Waals surface area contributed by atoms with E-state index in [1.807, 2.05) is 13.1 Å². The van der Waals surface area contributed by atoms with Crippen molar-refractivity contribution in [3.8, 4) is 5.75 Å². The molecule has 3 N–H and O–H groups in total. The number of nitrogens with two attached hydrogens (primary N) is 1. The third-order valence-corrected chi connectivity index (χ3v) is 2.86. The highest BCUT2D eigenvalue weighted by Gasteiger charge is 2.10. The normalized spacial score (nSPS) is 10.2. The van der Waals surface area contributed by atoms with E-state index in [-0.39, 0.29) is 5.91 Å². The van der Waals surface area contributed by atoms with Crippen LogP contribution in [-0.2, 0) is 13.6 Å².